The molecule has 1 saturated heterocycles. The van der Waals surface area contributed by atoms with Crippen molar-refractivity contribution in [1.82, 2.24) is 15.6 Å². The third-order valence-corrected chi connectivity index (χ3v) is 6.53. The maximum atomic E-state index is 11.9. The van der Waals surface area contributed by atoms with E-state index in [-0.39, 0.29) is 17.7 Å². The van der Waals surface area contributed by atoms with Crippen molar-refractivity contribution in [3.05, 3.63) is 41.7 Å². The molecule has 8 heteroatoms. The maximum Gasteiger partial charge on any atom is 0.324 e. The molecule has 2 aliphatic rings. The first-order valence-corrected chi connectivity index (χ1v) is 11.9. The first-order valence-electron chi connectivity index (χ1n) is 11.9. The number of nitrogens with zero attached hydrogens (tertiary/aromatic N) is 3. The van der Waals surface area contributed by atoms with Gasteiger partial charge in [0.05, 0.1) is 13.7 Å². The number of piperidine rings is 1. The number of hydrogen-bond donors (Lipinski definition) is 1. The zero-order valence-electron chi connectivity index (χ0n) is 19.8. The Kier molecular flexibility index (Phi) is 7.65. The lowest BCUT2D eigenvalue weighted by molar-refractivity contribution is -0.135. The maximum absolute atomic E-state index is 11.9. The molecule has 1 unspecified atom stereocenters. The van der Waals surface area contributed by atoms with Gasteiger partial charge < -0.3 is 14.2 Å². The number of anilines is 1. The van der Waals surface area contributed by atoms with Crippen LogP contribution in [-0.4, -0.2) is 42.9 Å². The Labute approximate surface area is 195 Å². The number of amides is 1. The zero-order chi connectivity index (χ0) is 23.2. The van der Waals surface area contributed by atoms with Gasteiger partial charge in [-0.3, -0.25) is 9.63 Å². The van der Waals surface area contributed by atoms with Gasteiger partial charge in [0.25, 0.3) is 0 Å². The lowest BCUT2D eigenvalue weighted by atomic mass is 9.86. The summed E-state index contributed by atoms with van der Waals surface area (Å²) in [6.07, 6.45) is 6.72. The second kappa shape index (κ2) is 10.8. The molecule has 178 valence electrons. The first-order chi connectivity index (χ1) is 16.0. The minimum Gasteiger partial charge on any atom is -0.493 e. The van der Waals surface area contributed by atoms with E-state index in [0.717, 1.165) is 56.8 Å². The van der Waals surface area contributed by atoms with Crippen LogP contribution in [0.4, 0.5) is 6.01 Å². The smallest absolute Gasteiger partial charge is 0.324 e. The monoisotopic (exact) mass is 454 g/mol. The molecule has 33 heavy (non-hydrogen) atoms. The number of carbonyl (C=O) groups excluding carboxylic acids is 1. The van der Waals surface area contributed by atoms with E-state index in [0.29, 0.717) is 18.5 Å². The Morgan fingerprint density at radius 3 is 2.58 bits per heavy atom. The molecule has 0 saturated carbocycles. The molecule has 1 amide bonds. The molecule has 1 atom stereocenters. The van der Waals surface area contributed by atoms with E-state index in [9.17, 15) is 4.79 Å². The topological polar surface area (TPSA) is 89.7 Å². The van der Waals surface area contributed by atoms with Gasteiger partial charge in [-0.1, -0.05) is 37.2 Å². The van der Waals surface area contributed by atoms with Crippen LogP contribution in [0.15, 0.2) is 34.9 Å². The van der Waals surface area contributed by atoms with E-state index in [2.05, 4.69) is 52.6 Å². The number of carbonyl (C=O) groups is 1. The molecule has 4 rings (SSSR count). The molecule has 0 radical (unpaired) electrons. The number of aromatic nitrogens is 2. The van der Waals surface area contributed by atoms with Crippen LogP contribution in [0.2, 0.25) is 0 Å². The van der Waals surface area contributed by atoms with Gasteiger partial charge in [0.2, 0.25) is 5.91 Å². The van der Waals surface area contributed by atoms with Gasteiger partial charge in [-0.2, -0.15) is 4.98 Å². The summed E-state index contributed by atoms with van der Waals surface area (Å²) in [6.45, 7) is 6.66. The van der Waals surface area contributed by atoms with Gasteiger partial charge in [0.1, 0.15) is 5.75 Å². The summed E-state index contributed by atoms with van der Waals surface area (Å²) in [7, 11) is 1.47. The normalized spacial score (nSPS) is 19.5. The third-order valence-electron chi connectivity index (χ3n) is 6.53. The van der Waals surface area contributed by atoms with Crippen molar-refractivity contribution in [2.24, 2.45) is 11.8 Å². The summed E-state index contributed by atoms with van der Waals surface area (Å²) in [5.74, 6) is 2.39. The van der Waals surface area contributed by atoms with Crippen molar-refractivity contribution >= 4 is 17.5 Å². The Bertz CT molecular complexity index is 946. The van der Waals surface area contributed by atoms with Crippen molar-refractivity contribution < 1.29 is 18.9 Å². The molecule has 1 aromatic carbocycles. The average molecular weight is 455 g/mol. The van der Waals surface area contributed by atoms with Crippen LogP contribution in [0.3, 0.4) is 0 Å². The number of hydroxylamine groups is 1. The summed E-state index contributed by atoms with van der Waals surface area (Å²) < 4.78 is 11.5. The van der Waals surface area contributed by atoms with E-state index in [1.165, 1.54) is 18.2 Å². The van der Waals surface area contributed by atoms with Crippen LogP contribution in [0.1, 0.15) is 63.3 Å². The molecule has 1 aromatic heterocycles. The Balaban J connectivity index is 1.22. The van der Waals surface area contributed by atoms with Crippen LogP contribution in [0.25, 0.3) is 5.57 Å². The Morgan fingerprint density at radius 2 is 1.97 bits per heavy atom. The van der Waals surface area contributed by atoms with E-state index < -0.39 is 0 Å². The second-order valence-corrected chi connectivity index (χ2v) is 9.23. The highest BCUT2D eigenvalue weighted by atomic mass is 16.6. The molecule has 2 aromatic rings. The fourth-order valence-corrected chi connectivity index (χ4v) is 4.38. The molecule has 1 fully saturated rings. The van der Waals surface area contributed by atoms with Gasteiger partial charge in [0, 0.05) is 24.9 Å². The number of nitrogens with one attached hydrogen (secondary N) is 1. The Hall–Kier alpha value is -2.87. The fraction of sp³-hybridized carbons (Fsp3) is 0.560. The summed E-state index contributed by atoms with van der Waals surface area (Å²) >= 11 is 0. The molecule has 1 aliphatic heterocycles. The molecular formula is C25H34N4O4. The highest BCUT2D eigenvalue weighted by Crippen LogP contribution is 2.31. The molecule has 2 heterocycles. The number of rotatable bonds is 8. The highest BCUT2D eigenvalue weighted by molar-refractivity contribution is 5.79. The molecular weight excluding hydrogens is 420 g/mol. The van der Waals surface area contributed by atoms with Crippen molar-refractivity contribution in [2.45, 2.75) is 51.9 Å². The second-order valence-electron chi connectivity index (χ2n) is 9.23. The number of hydrogen-bond acceptors (Lipinski definition) is 7. The average Bonchev–Trinajstić information content (AvgIpc) is 3.35. The van der Waals surface area contributed by atoms with Gasteiger partial charge in [-0.05, 0) is 61.3 Å². The summed E-state index contributed by atoms with van der Waals surface area (Å²) in [6, 6.07) is 8.95. The van der Waals surface area contributed by atoms with Crippen LogP contribution in [0.5, 0.6) is 5.75 Å². The van der Waals surface area contributed by atoms with Gasteiger partial charge in [-0.25, -0.2) is 5.48 Å². The van der Waals surface area contributed by atoms with Gasteiger partial charge in [-0.15, -0.1) is 0 Å². The van der Waals surface area contributed by atoms with Crippen molar-refractivity contribution in [1.29, 1.82) is 0 Å². The van der Waals surface area contributed by atoms with Gasteiger partial charge in [0.15, 0.2) is 5.82 Å². The van der Waals surface area contributed by atoms with E-state index in [1.54, 1.807) is 0 Å². The summed E-state index contributed by atoms with van der Waals surface area (Å²) in [5, 5.41) is 4.07. The molecule has 0 bridgehead atoms. The minimum absolute atomic E-state index is 0.0141. The van der Waals surface area contributed by atoms with Crippen LogP contribution < -0.4 is 15.1 Å². The lowest BCUT2D eigenvalue weighted by Crippen LogP contribution is -2.35. The summed E-state index contributed by atoms with van der Waals surface area (Å²) in [5.41, 5.74) is 4.92. The van der Waals surface area contributed by atoms with Crippen molar-refractivity contribution in [3.8, 4) is 5.75 Å². The van der Waals surface area contributed by atoms with Crippen molar-refractivity contribution in [3.63, 3.8) is 0 Å². The molecule has 0 spiro atoms. The predicted octanol–water partition coefficient (Wildman–Crippen LogP) is 4.35. The van der Waals surface area contributed by atoms with Crippen LogP contribution >= 0.6 is 0 Å². The largest absolute Gasteiger partial charge is 0.493 e. The predicted molar refractivity (Wildman–Crippen MR) is 126 cm³/mol. The number of ether oxygens (including phenoxy) is 1. The van der Waals surface area contributed by atoms with E-state index in [1.807, 2.05) is 12.1 Å². The molecule has 1 aliphatic carbocycles. The van der Waals surface area contributed by atoms with Gasteiger partial charge >= 0.3 is 6.01 Å². The molecule has 8 nitrogen and oxygen atoms in total. The minimum atomic E-state index is -0.0419. The zero-order valence-corrected chi connectivity index (χ0v) is 19.8. The number of allylic oxidation sites excluding steroid dienone is 2. The van der Waals surface area contributed by atoms with Crippen LogP contribution in [-0.2, 0) is 9.63 Å². The number of benzene rings is 1. The first kappa shape index (κ1) is 23.3. The fourth-order valence-electron chi connectivity index (χ4n) is 4.38. The SMILES string of the molecule is CONC(=O)C1CC=C(c2ccc(OCC3CCN(c4nc(C(C)C)no4)CC3)cc2)CC1. The third kappa shape index (κ3) is 5.93. The highest BCUT2D eigenvalue weighted by Gasteiger charge is 2.24. The Morgan fingerprint density at radius 1 is 1.21 bits per heavy atom. The quantitative estimate of drug-likeness (QED) is 0.593. The standard InChI is InChI=1S/C25H34N4O4/c1-17(2)23-26-25(33-27-23)29-14-12-18(13-15-29)16-32-22-10-8-20(9-11-22)19-4-6-21(7-5-19)24(30)28-31-3/h4,8-11,17-18,21H,5-7,12-16H2,1-3H3,(H,28,30). The molecule has 1 N–H and O–H groups in total. The van der Waals surface area contributed by atoms with E-state index in [4.69, 9.17) is 14.1 Å². The van der Waals surface area contributed by atoms with Crippen molar-refractivity contribution in [2.75, 3.05) is 31.7 Å². The van der Waals surface area contributed by atoms with Crippen LogP contribution in [0, 0.1) is 11.8 Å². The lowest BCUT2D eigenvalue weighted by Gasteiger charge is -2.30. The summed E-state index contributed by atoms with van der Waals surface area (Å²) in [4.78, 5) is 23.3. The van der Waals surface area contributed by atoms with E-state index >= 15 is 0 Å².